The van der Waals surface area contributed by atoms with E-state index >= 15 is 0 Å². The number of rotatable bonds is 2. The monoisotopic (exact) mass is 378 g/mol. The lowest BCUT2D eigenvalue weighted by molar-refractivity contribution is -0.129. The van der Waals surface area contributed by atoms with Gasteiger partial charge in [-0.3, -0.25) is 14.7 Å². The molecule has 2 aromatic rings. The SMILES string of the molecule is CC(=O)N1CCc2c(nc(-c3cccnc3)nc2N2CCN3CCCC3C2)C1. The lowest BCUT2D eigenvalue weighted by Gasteiger charge is -2.40. The normalized spacial score (nSPS) is 22.1. The summed E-state index contributed by atoms with van der Waals surface area (Å²) in [5.41, 5.74) is 3.13. The molecule has 0 N–H and O–H groups in total. The Morgan fingerprint density at radius 3 is 2.93 bits per heavy atom. The topological polar surface area (TPSA) is 65.5 Å². The quantitative estimate of drug-likeness (QED) is 0.793. The first kappa shape index (κ1) is 17.6. The van der Waals surface area contributed by atoms with Crippen LogP contribution in [0.25, 0.3) is 11.4 Å². The van der Waals surface area contributed by atoms with E-state index in [0.29, 0.717) is 18.4 Å². The third-order valence-electron chi connectivity index (χ3n) is 6.30. The van der Waals surface area contributed by atoms with Crippen molar-refractivity contribution in [3.8, 4) is 11.4 Å². The molecule has 7 nitrogen and oxygen atoms in total. The van der Waals surface area contributed by atoms with E-state index < -0.39 is 0 Å². The number of aromatic nitrogens is 3. The summed E-state index contributed by atoms with van der Waals surface area (Å²) >= 11 is 0. The summed E-state index contributed by atoms with van der Waals surface area (Å²) in [6.45, 7) is 7.31. The smallest absolute Gasteiger partial charge is 0.219 e. The van der Waals surface area contributed by atoms with Crippen LogP contribution in [0.4, 0.5) is 5.82 Å². The van der Waals surface area contributed by atoms with Gasteiger partial charge in [0.25, 0.3) is 0 Å². The first-order valence-electron chi connectivity index (χ1n) is 10.2. The fourth-order valence-corrected chi connectivity index (χ4v) is 4.75. The number of nitrogens with zero attached hydrogens (tertiary/aromatic N) is 6. The van der Waals surface area contributed by atoms with E-state index in [1.54, 1.807) is 13.1 Å². The van der Waals surface area contributed by atoms with Crippen molar-refractivity contribution in [3.63, 3.8) is 0 Å². The van der Waals surface area contributed by atoms with Gasteiger partial charge in [-0.15, -0.1) is 0 Å². The van der Waals surface area contributed by atoms with Crippen LogP contribution in [0.15, 0.2) is 24.5 Å². The molecule has 146 valence electrons. The van der Waals surface area contributed by atoms with E-state index in [1.165, 1.54) is 24.9 Å². The molecule has 1 unspecified atom stereocenters. The van der Waals surface area contributed by atoms with Crippen molar-refractivity contribution in [2.75, 3.05) is 37.6 Å². The van der Waals surface area contributed by atoms with Crippen molar-refractivity contribution in [3.05, 3.63) is 35.8 Å². The van der Waals surface area contributed by atoms with Gasteiger partial charge in [-0.1, -0.05) is 0 Å². The molecule has 7 heteroatoms. The summed E-state index contributed by atoms with van der Waals surface area (Å²) < 4.78 is 0. The number of hydrogen-bond donors (Lipinski definition) is 0. The summed E-state index contributed by atoms with van der Waals surface area (Å²) in [5, 5.41) is 0. The van der Waals surface area contributed by atoms with Crippen LogP contribution in [0.1, 0.15) is 31.0 Å². The Kier molecular flexibility index (Phi) is 4.47. The van der Waals surface area contributed by atoms with Crippen molar-refractivity contribution in [2.24, 2.45) is 0 Å². The van der Waals surface area contributed by atoms with Gasteiger partial charge in [0, 0.05) is 62.7 Å². The highest BCUT2D eigenvalue weighted by Gasteiger charge is 2.33. The van der Waals surface area contributed by atoms with Gasteiger partial charge in [-0.25, -0.2) is 9.97 Å². The second-order valence-corrected chi connectivity index (χ2v) is 8.01. The Bertz CT molecular complexity index is 886. The van der Waals surface area contributed by atoms with Crippen LogP contribution in [0.3, 0.4) is 0 Å². The molecule has 0 spiro atoms. The van der Waals surface area contributed by atoms with Gasteiger partial charge >= 0.3 is 0 Å². The maximum Gasteiger partial charge on any atom is 0.219 e. The lowest BCUT2D eigenvalue weighted by atomic mass is 10.0. The van der Waals surface area contributed by atoms with Gasteiger partial charge in [0.15, 0.2) is 5.82 Å². The second kappa shape index (κ2) is 7.13. The average molecular weight is 378 g/mol. The molecule has 2 saturated heterocycles. The molecule has 0 aliphatic carbocycles. The summed E-state index contributed by atoms with van der Waals surface area (Å²) in [7, 11) is 0. The first-order chi connectivity index (χ1) is 13.7. The predicted molar refractivity (Wildman–Crippen MR) is 107 cm³/mol. The van der Waals surface area contributed by atoms with E-state index in [-0.39, 0.29) is 5.91 Å². The number of carbonyl (C=O) groups excluding carboxylic acids is 1. The molecule has 5 heterocycles. The molecule has 1 atom stereocenters. The zero-order chi connectivity index (χ0) is 19.1. The van der Waals surface area contributed by atoms with E-state index in [1.807, 2.05) is 23.2 Å². The Balaban J connectivity index is 1.55. The maximum absolute atomic E-state index is 11.9. The number of amides is 1. The minimum absolute atomic E-state index is 0.105. The van der Waals surface area contributed by atoms with E-state index in [2.05, 4.69) is 14.8 Å². The van der Waals surface area contributed by atoms with Crippen LogP contribution in [0.5, 0.6) is 0 Å². The maximum atomic E-state index is 11.9. The standard InChI is InChI=1S/C21H26N6O/c1-15(28)26-9-6-18-19(14-26)23-20(16-4-2-7-22-12-16)24-21(18)27-11-10-25-8-3-5-17(25)13-27/h2,4,7,12,17H,3,5-6,8-11,13-14H2,1H3. The number of hydrogen-bond acceptors (Lipinski definition) is 6. The van der Waals surface area contributed by atoms with Crippen molar-refractivity contribution in [1.29, 1.82) is 0 Å². The third-order valence-corrected chi connectivity index (χ3v) is 6.30. The second-order valence-electron chi connectivity index (χ2n) is 8.01. The van der Waals surface area contributed by atoms with Crippen molar-refractivity contribution >= 4 is 11.7 Å². The van der Waals surface area contributed by atoms with Gasteiger partial charge < -0.3 is 9.80 Å². The molecule has 3 aliphatic rings. The van der Waals surface area contributed by atoms with Crippen LogP contribution in [-0.4, -0.2) is 69.4 Å². The van der Waals surface area contributed by atoms with Gasteiger partial charge in [0.05, 0.1) is 12.2 Å². The lowest BCUT2D eigenvalue weighted by Crippen LogP contribution is -2.51. The highest BCUT2D eigenvalue weighted by molar-refractivity contribution is 5.74. The molecule has 0 saturated carbocycles. The van der Waals surface area contributed by atoms with Crippen LogP contribution in [0, 0.1) is 0 Å². The molecule has 28 heavy (non-hydrogen) atoms. The Morgan fingerprint density at radius 2 is 2.11 bits per heavy atom. The number of carbonyl (C=O) groups is 1. The number of piperazine rings is 1. The summed E-state index contributed by atoms with van der Waals surface area (Å²) in [5.74, 6) is 1.88. The van der Waals surface area contributed by atoms with Crippen molar-refractivity contribution in [1.82, 2.24) is 24.8 Å². The fourth-order valence-electron chi connectivity index (χ4n) is 4.75. The van der Waals surface area contributed by atoms with Crippen molar-refractivity contribution < 1.29 is 4.79 Å². The molecular weight excluding hydrogens is 352 g/mol. The molecular formula is C21H26N6O. The number of fused-ring (bicyclic) bond motifs is 2. The number of pyridine rings is 1. The Morgan fingerprint density at radius 1 is 1.18 bits per heavy atom. The molecule has 2 fully saturated rings. The van der Waals surface area contributed by atoms with Gasteiger partial charge in [-0.05, 0) is 37.9 Å². The minimum Gasteiger partial charge on any atom is -0.353 e. The van der Waals surface area contributed by atoms with E-state index in [0.717, 1.165) is 49.7 Å². The average Bonchev–Trinajstić information content (AvgIpc) is 3.21. The molecule has 2 aromatic heterocycles. The molecule has 5 rings (SSSR count). The molecule has 0 aromatic carbocycles. The molecule has 0 radical (unpaired) electrons. The van der Waals surface area contributed by atoms with Crippen LogP contribution in [0.2, 0.25) is 0 Å². The van der Waals surface area contributed by atoms with Crippen molar-refractivity contribution in [2.45, 2.75) is 38.8 Å². The summed E-state index contributed by atoms with van der Waals surface area (Å²) in [6, 6.07) is 4.55. The fraction of sp³-hybridized carbons (Fsp3) is 0.524. The Hall–Kier alpha value is -2.54. The van der Waals surface area contributed by atoms with Gasteiger partial charge in [-0.2, -0.15) is 0 Å². The Labute approximate surface area is 165 Å². The molecule has 0 bridgehead atoms. The highest BCUT2D eigenvalue weighted by Crippen LogP contribution is 2.32. The van der Waals surface area contributed by atoms with Gasteiger partial charge in [0.2, 0.25) is 5.91 Å². The van der Waals surface area contributed by atoms with E-state index in [4.69, 9.17) is 9.97 Å². The van der Waals surface area contributed by atoms with Crippen LogP contribution in [-0.2, 0) is 17.8 Å². The van der Waals surface area contributed by atoms with E-state index in [9.17, 15) is 4.79 Å². The summed E-state index contributed by atoms with van der Waals surface area (Å²) in [6.07, 6.45) is 6.97. The zero-order valence-electron chi connectivity index (χ0n) is 16.3. The minimum atomic E-state index is 0.105. The molecule has 3 aliphatic heterocycles. The zero-order valence-corrected chi connectivity index (χ0v) is 16.3. The first-order valence-corrected chi connectivity index (χ1v) is 10.2. The molecule has 1 amide bonds. The largest absolute Gasteiger partial charge is 0.353 e. The van der Waals surface area contributed by atoms with Crippen LogP contribution < -0.4 is 4.90 Å². The van der Waals surface area contributed by atoms with Gasteiger partial charge in [0.1, 0.15) is 5.82 Å². The predicted octanol–water partition coefficient (Wildman–Crippen LogP) is 1.73. The number of anilines is 1. The summed E-state index contributed by atoms with van der Waals surface area (Å²) in [4.78, 5) is 33.0. The van der Waals surface area contributed by atoms with Crippen LogP contribution >= 0.6 is 0 Å². The highest BCUT2D eigenvalue weighted by atomic mass is 16.2. The third kappa shape index (κ3) is 3.13.